The molecule has 0 spiro atoms. The summed E-state index contributed by atoms with van der Waals surface area (Å²) in [6, 6.07) is 11.4. The summed E-state index contributed by atoms with van der Waals surface area (Å²) < 4.78 is 4.79. The van der Waals surface area contributed by atoms with Gasteiger partial charge in [0.1, 0.15) is 11.6 Å². The van der Waals surface area contributed by atoms with Crippen molar-refractivity contribution in [3.8, 4) is 0 Å². The zero-order valence-corrected chi connectivity index (χ0v) is 20.6. The summed E-state index contributed by atoms with van der Waals surface area (Å²) in [7, 11) is 0. The Balaban J connectivity index is 2.07. The van der Waals surface area contributed by atoms with E-state index in [1.54, 1.807) is 42.5 Å². The second-order valence-electron chi connectivity index (χ2n) is 8.67. The summed E-state index contributed by atoms with van der Waals surface area (Å²) in [5.74, 6) is -5.98. The molecule has 2 aromatic carbocycles. The maximum absolute atomic E-state index is 13.7. The Morgan fingerprint density at radius 2 is 1.66 bits per heavy atom. The number of hydrogen-bond donors (Lipinski definition) is 4. The van der Waals surface area contributed by atoms with Crippen molar-refractivity contribution in [1.82, 2.24) is 10.2 Å². The largest absolute Gasteiger partial charge is 0.481 e. The fourth-order valence-corrected chi connectivity index (χ4v) is 3.96. The highest BCUT2D eigenvalue weighted by atomic mass is 16.6. The Morgan fingerprint density at radius 3 is 2.18 bits per heavy atom. The van der Waals surface area contributed by atoms with Crippen molar-refractivity contribution < 1.29 is 38.6 Å². The summed E-state index contributed by atoms with van der Waals surface area (Å²) in [6.07, 6.45) is -2.90. The normalized spacial score (nSPS) is 18.4. The van der Waals surface area contributed by atoms with E-state index in [1.165, 1.54) is 19.1 Å². The quantitative estimate of drug-likeness (QED) is 0.198. The SMILES string of the molecule is CC(=O)N(c1ccccc1)[C@H](C(=O)OC(=O)C(N)CC(=O)O)N1C(=O)N[C@](C)(c2ccc(CN)cc2)C1=O. The molecular weight excluding hydrogens is 498 g/mol. The van der Waals surface area contributed by atoms with Crippen LogP contribution < -0.4 is 21.7 Å². The molecule has 1 aliphatic rings. The number of urea groups is 1. The number of para-hydroxylation sites is 1. The molecule has 200 valence electrons. The number of benzene rings is 2. The molecule has 0 bridgehead atoms. The molecule has 0 aliphatic carbocycles. The van der Waals surface area contributed by atoms with Gasteiger partial charge in [-0.05, 0) is 30.2 Å². The second kappa shape index (κ2) is 11.2. The Labute approximate surface area is 217 Å². The fraction of sp³-hybridized carbons (Fsp3) is 0.280. The smallest absolute Gasteiger partial charge is 0.358 e. The standard InChI is InChI=1S/C25H27N5O8/c1-14(31)29(17-6-4-3-5-7-17)20(22(35)38-21(34)18(27)12-19(32)33)30-23(36)25(2,28-24(30)37)16-10-8-15(13-26)9-11-16/h3-11,18,20H,12-13,26-27H2,1-2H3,(H,28,37)(H,32,33)/t18?,20-,25+/m0/s1. The van der Waals surface area contributed by atoms with E-state index in [9.17, 15) is 28.8 Å². The molecule has 1 aliphatic heterocycles. The van der Waals surface area contributed by atoms with Gasteiger partial charge in [-0.2, -0.15) is 0 Å². The van der Waals surface area contributed by atoms with Crippen molar-refractivity contribution in [2.24, 2.45) is 11.5 Å². The van der Waals surface area contributed by atoms with E-state index in [-0.39, 0.29) is 12.2 Å². The van der Waals surface area contributed by atoms with E-state index in [2.05, 4.69) is 5.32 Å². The highest BCUT2D eigenvalue weighted by Gasteiger charge is 2.55. The van der Waals surface area contributed by atoms with Crippen molar-refractivity contribution in [3.63, 3.8) is 0 Å². The number of amides is 4. The van der Waals surface area contributed by atoms with Gasteiger partial charge in [0.2, 0.25) is 12.1 Å². The van der Waals surface area contributed by atoms with E-state index < -0.39 is 59.9 Å². The van der Waals surface area contributed by atoms with Crippen LogP contribution in [0.15, 0.2) is 54.6 Å². The molecular formula is C25H27N5O8. The number of nitrogens with zero attached hydrogens (tertiary/aromatic N) is 2. The predicted molar refractivity (Wildman–Crippen MR) is 132 cm³/mol. The van der Waals surface area contributed by atoms with E-state index in [0.717, 1.165) is 17.4 Å². The number of carboxylic acid groups (broad SMARTS) is 1. The molecule has 0 saturated carbocycles. The third-order valence-corrected chi connectivity index (χ3v) is 5.96. The van der Waals surface area contributed by atoms with Crippen LogP contribution in [-0.4, -0.2) is 58.0 Å². The molecule has 13 nitrogen and oxygen atoms in total. The lowest BCUT2D eigenvalue weighted by atomic mass is 9.91. The first-order valence-electron chi connectivity index (χ1n) is 11.4. The van der Waals surface area contributed by atoms with Crippen LogP contribution in [0, 0.1) is 0 Å². The lowest BCUT2D eigenvalue weighted by Gasteiger charge is -2.34. The van der Waals surface area contributed by atoms with E-state index >= 15 is 0 Å². The second-order valence-corrected chi connectivity index (χ2v) is 8.67. The Hall–Kier alpha value is -4.62. The minimum absolute atomic E-state index is 0.116. The molecule has 3 rings (SSSR count). The van der Waals surface area contributed by atoms with Gasteiger partial charge in [-0.1, -0.05) is 42.5 Å². The van der Waals surface area contributed by atoms with Gasteiger partial charge in [-0.25, -0.2) is 19.3 Å². The molecule has 6 N–H and O–H groups in total. The molecule has 0 aromatic heterocycles. The monoisotopic (exact) mass is 525 g/mol. The number of nitrogens with two attached hydrogens (primary N) is 2. The fourth-order valence-electron chi connectivity index (χ4n) is 3.96. The highest BCUT2D eigenvalue weighted by molar-refractivity contribution is 6.12. The minimum Gasteiger partial charge on any atom is -0.481 e. The molecule has 13 heteroatoms. The molecule has 2 aromatic rings. The van der Waals surface area contributed by atoms with Crippen LogP contribution in [0.2, 0.25) is 0 Å². The van der Waals surface area contributed by atoms with Crippen LogP contribution in [0.25, 0.3) is 0 Å². The number of carbonyl (C=O) groups is 6. The van der Waals surface area contributed by atoms with Crippen LogP contribution >= 0.6 is 0 Å². The molecule has 3 atom stereocenters. The number of anilines is 1. The minimum atomic E-state index is -2.06. The van der Waals surface area contributed by atoms with Gasteiger partial charge in [0, 0.05) is 19.2 Å². The molecule has 1 heterocycles. The van der Waals surface area contributed by atoms with E-state index in [1.807, 2.05) is 0 Å². The Morgan fingerprint density at radius 1 is 1.05 bits per heavy atom. The lowest BCUT2D eigenvalue weighted by Crippen LogP contribution is -2.59. The maximum atomic E-state index is 13.7. The topological polar surface area (TPSA) is 202 Å². The van der Waals surface area contributed by atoms with Gasteiger partial charge in [-0.15, -0.1) is 0 Å². The van der Waals surface area contributed by atoms with Crippen LogP contribution in [0.4, 0.5) is 10.5 Å². The first-order valence-corrected chi connectivity index (χ1v) is 11.4. The number of imide groups is 1. The number of nitrogens with one attached hydrogen (secondary N) is 1. The summed E-state index contributed by atoms with van der Waals surface area (Å²) in [6.45, 7) is 2.76. The number of esters is 2. The average molecular weight is 526 g/mol. The Bertz CT molecular complexity index is 1270. The zero-order valence-electron chi connectivity index (χ0n) is 20.6. The van der Waals surface area contributed by atoms with Gasteiger partial charge < -0.3 is 26.6 Å². The molecule has 4 amide bonds. The molecule has 38 heavy (non-hydrogen) atoms. The zero-order chi connectivity index (χ0) is 28.2. The number of carboxylic acids is 1. The molecule has 1 saturated heterocycles. The number of aliphatic carboxylic acids is 1. The molecule has 0 radical (unpaired) electrons. The van der Waals surface area contributed by atoms with Crippen molar-refractivity contribution >= 4 is 41.4 Å². The van der Waals surface area contributed by atoms with Gasteiger partial charge in [-0.3, -0.25) is 19.3 Å². The third kappa shape index (κ3) is 5.53. The van der Waals surface area contributed by atoms with E-state index in [0.29, 0.717) is 10.5 Å². The van der Waals surface area contributed by atoms with Crippen molar-refractivity contribution in [1.29, 1.82) is 0 Å². The number of carbonyl (C=O) groups excluding carboxylic acids is 5. The van der Waals surface area contributed by atoms with E-state index in [4.69, 9.17) is 21.3 Å². The number of hydrogen-bond acceptors (Lipinski definition) is 9. The van der Waals surface area contributed by atoms with Crippen LogP contribution in [-0.2, 0) is 40.8 Å². The Kier molecular flexibility index (Phi) is 8.23. The first-order chi connectivity index (χ1) is 17.9. The summed E-state index contributed by atoms with van der Waals surface area (Å²) in [5, 5.41) is 11.4. The number of ether oxygens (including phenoxy) is 1. The third-order valence-electron chi connectivity index (χ3n) is 5.96. The number of rotatable bonds is 9. The molecule has 1 fully saturated rings. The van der Waals surface area contributed by atoms with Crippen molar-refractivity contribution in [2.75, 3.05) is 4.90 Å². The average Bonchev–Trinajstić information content (AvgIpc) is 3.10. The van der Waals surface area contributed by atoms with Gasteiger partial charge in [0.15, 0.2) is 0 Å². The van der Waals surface area contributed by atoms with Crippen molar-refractivity contribution in [2.45, 2.75) is 44.6 Å². The highest BCUT2D eigenvalue weighted by Crippen LogP contribution is 2.32. The van der Waals surface area contributed by atoms with Crippen LogP contribution in [0.3, 0.4) is 0 Å². The van der Waals surface area contributed by atoms with Crippen molar-refractivity contribution in [3.05, 3.63) is 65.7 Å². The summed E-state index contributed by atoms with van der Waals surface area (Å²) in [5.41, 5.74) is 10.8. The predicted octanol–water partition coefficient (Wildman–Crippen LogP) is 0.163. The summed E-state index contributed by atoms with van der Waals surface area (Å²) >= 11 is 0. The van der Waals surface area contributed by atoms with Gasteiger partial charge in [0.25, 0.3) is 5.91 Å². The summed E-state index contributed by atoms with van der Waals surface area (Å²) in [4.78, 5) is 77.7. The van der Waals surface area contributed by atoms with Gasteiger partial charge in [0.05, 0.1) is 6.42 Å². The van der Waals surface area contributed by atoms with Crippen LogP contribution in [0.1, 0.15) is 31.4 Å². The van der Waals surface area contributed by atoms with Gasteiger partial charge >= 0.3 is 23.9 Å². The molecule has 1 unspecified atom stereocenters. The first kappa shape index (κ1) is 28.0. The maximum Gasteiger partial charge on any atom is 0.358 e. The van der Waals surface area contributed by atoms with Crippen LogP contribution in [0.5, 0.6) is 0 Å². The lowest BCUT2D eigenvalue weighted by molar-refractivity contribution is -0.166.